The third-order valence-corrected chi connectivity index (χ3v) is 2.81. The van der Waals surface area contributed by atoms with Crippen LogP contribution in [0.3, 0.4) is 0 Å². The summed E-state index contributed by atoms with van der Waals surface area (Å²) in [5, 5.41) is 6.78. The van der Waals surface area contributed by atoms with E-state index >= 15 is 0 Å². The van der Waals surface area contributed by atoms with Crippen LogP contribution in [0, 0.1) is 0 Å². The van der Waals surface area contributed by atoms with Crippen LogP contribution in [0.5, 0.6) is 0 Å². The molecule has 2 aromatic carbocycles. The molecule has 2 rings (SSSR count). The summed E-state index contributed by atoms with van der Waals surface area (Å²) in [7, 11) is 0. The summed E-state index contributed by atoms with van der Waals surface area (Å²) < 4.78 is 0. The Kier molecular flexibility index (Phi) is 4.65. The number of hydrogen-bond acceptors (Lipinski definition) is 2. The van der Waals surface area contributed by atoms with Gasteiger partial charge in [0.15, 0.2) is 0 Å². The summed E-state index contributed by atoms with van der Waals surface area (Å²) in [6.45, 7) is 3.25. The van der Waals surface area contributed by atoms with Gasteiger partial charge in [-0.05, 0) is 42.8 Å². The maximum atomic E-state index is 3.41. The van der Waals surface area contributed by atoms with Crippen molar-refractivity contribution in [1.29, 1.82) is 0 Å². The van der Waals surface area contributed by atoms with E-state index in [2.05, 4.69) is 54.0 Å². The van der Waals surface area contributed by atoms with Crippen molar-refractivity contribution >= 4 is 17.1 Å². The van der Waals surface area contributed by atoms with Gasteiger partial charge in [0, 0.05) is 23.6 Å². The van der Waals surface area contributed by atoms with Crippen LogP contribution in [0.15, 0.2) is 54.6 Å². The summed E-state index contributed by atoms with van der Waals surface area (Å²) in [4.78, 5) is 0. The molecule has 2 nitrogen and oxygen atoms in total. The zero-order valence-electron chi connectivity index (χ0n) is 10.8. The van der Waals surface area contributed by atoms with Gasteiger partial charge in [0.05, 0.1) is 0 Å². The van der Waals surface area contributed by atoms with Gasteiger partial charge >= 0.3 is 0 Å². The molecule has 0 aliphatic rings. The lowest BCUT2D eigenvalue weighted by atomic mass is 10.2. The summed E-state index contributed by atoms with van der Waals surface area (Å²) in [5.74, 6) is 0. The Balaban J connectivity index is 1.91. The fourth-order valence-corrected chi connectivity index (χ4v) is 1.77. The molecule has 0 spiro atoms. The van der Waals surface area contributed by atoms with E-state index in [-0.39, 0.29) is 0 Å². The van der Waals surface area contributed by atoms with Crippen LogP contribution in [0.2, 0.25) is 0 Å². The Bertz CT molecular complexity index is 448. The molecule has 0 aromatic heterocycles. The quantitative estimate of drug-likeness (QED) is 0.719. The first-order valence-corrected chi connectivity index (χ1v) is 6.54. The molecule has 0 aliphatic heterocycles. The van der Waals surface area contributed by atoms with Gasteiger partial charge < -0.3 is 10.6 Å². The van der Waals surface area contributed by atoms with Gasteiger partial charge in [-0.1, -0.05) is 31.5 Å². The van der Waals surface area contributed by atoms with Crippen molar-refractivity contribution in [2.75, 3.05) is 17.2 Å². The molecule has 0 radical (unpaired) electrons. The van der Waals surface area contributed by atoms with Crippen LogP contribution in [0.4, 0.5) is 17.1 Å². The predicted octanol–water partition coefficient (Wildman–Crippen LogP) is 4.64. The fourth-order valence-electron chi connectivity index (χ4n) is 1.77. The second-order valence-electron chi connectivity index (χ2n) is 4.35. The Hall–Kier alpha value is -1.96. The molecule has 0 saturated heterocycles. The van der Waals surface area contributed by atoms with Crippen molar-refractivity contribution in [3.63, 3.8) is 0 Å². The van der Waals surface area contributed by atoms with E-state index in [1.165, 1.54) is 18.5 Å². The Morgan fingerprint density at radius 1 is 0.778 bits per heavy atom. The Morgan fingerprint density at radius 2 is 1.39 bits per heavy atom. The van der Waals surface area contributed by atoms with Crippen molar-refractivity contribution < 1.29 is 0 Å². The van der Waals surface area contributed by atoms with Crippen LogP contribution in [-0.4, -0.2) is 6.54 Å². The highest BCUT2D eigenvalue weighted by Crippen LogP contribution is 2.18. The van der Waals surface area contributed by atoms with Gasteiger partial charge in [0.1, 0.15) is 0 Å². The number of para-hydroxylation sites is 1. The molecule has 2 aromatic rings. The van der Waals surface area contributed by atoms with Crippen LogP contribution in [0.1, 0.15) is 19.8 Å². The zero-order valence-corrected chi connectivity index (χ0v) is 10.8. The smallest absolute Gasteiger partial charge is 0.0385 e. The van der Waals surface area contributed by atoms with E-state index in [4.69, 9.17) is 0 Å². The second-order valence-corrected chi connectivity index (χ2v) is 4.35. The molecule has 94 valence electrons. The summed E-state index contributed by atoms with van der Waals surface area (Å²) in [6.07, 6.45) is 2.44. The van der Waals surface area contributed by atoms with Gasteiger partial charge in [0.25, 0.3) is 0 Å². The van der Waals surface area contributed by atoms with E-state index in [1.807, 2.05) is 18.2 Å². The minimum atomic E-state index is 1.04. The summed E-state index contributed by atoms with van der Waals surface area (Å²) in [5.41, 5.74) is 3.41. The fraction of sp³-hybridized carbons (Fsp3) is 0.250. The minimum Gasteiger partial charge on any atom is -0.385 e. The van der Waals surface area contributed by atoms with Gasteiger partial charge in [-0.15, -0.1) is 0 Å². The third kappa shape index (κ3) is 3.81. The SMILES string of the molecule is CCCCNc1ccc(Nc2ccccc2)cc1. The van der Waals surface area contributed by atoms with Crippen molar-refractivity contribution in [3.05, 3.63) is 54.6 Å². The zero-order chi connectivity index (χ0) is 12.6. The molecule has 0 fully saturated rings. The van der Waals surface area contributed by atoms with Crippen LogP contribution >= 0.6 is 0 Å². The highest BCUT2D eigenvalue weighted by Gasteiger charge is 1.95. The van der Waals surface area contributed by atoms with Crippen LogP contribution in [-0.2, 0) is 0 Å². The van der Waals surface area contributed by atoms with Crippen molar-refractivity contribution in [2.24, 2.45) is 0 Å². The number of anilines is 3. The van der Waals surface area contributed by atoms with E-state index in [0.29, 0.717) is 0 Å². The van der Waals surface area contributed by atoms with E-state index in [0.717, 1.165) is 17.9 Å². The average molecular weight is 240 g/mol. The third-order valence-electron chi connectivity index (χ3n) is 2.81. The molecule has 0 unspecified atom stereocenters. The van der Waals surface area contributed by atoms with Crippen LogP contribution in [0.25, 0.3) is 0 Å². The maximum absolute atomic E-state index is 3.41. The number of unbranched alkanes of at least 4 members (excludes halogenated alkanes) is 1. The standard InChI is InChI=1S/C16H20N2/c1-2-3-13-17-14-9-11-16(12-10-14)18-15-7-5-4-6-8-15/h4-12,17-18H,2-3,13H2,1H3. The first-order valence-electron chi connectivity index (χ1n) is 6.54. The summed E-state index contributed by atoms with van der Waals surface area (Å²) in [6, 6.07) is 18.6. The van der Waals surface area contributed by atoms with Crippen molar-refractivity contribution in [1.82, 2.24) is 0 Å². The molecular formula is C16H20N2. The molecule has 0 amide bonds. The van der Waals surface area contributed by atoms with E-state index in [1.54, 1.807) is 0 Å². The highest BCUT2D eigenvalue weighted by molar-refractivity contribution is 5.62. The predicted molar refractivity (Wildman–Crippen MR) is 79.6 cm³/mol. The lowest BCUT2D eigenvalue weighted by Gasteiger charge is -2.08. The van der Waals surface area contributed by atoms with Crippen molar-refractivity contribution in [2.45, 2.75) is 19.8 Å². The molecular weight excluding hydrogens is 220 g/mol. The number of rotatable bonds is 6. The van der Waals surface area contributed by atoms with E-state index < -0.39 is 0 Å². The van der Waals surface area contributed by atoms with Gasteiger partial charge in [-0.25, -0.2) is 0 Å². The monoisotopic (exact) mass is 240 g/mol. The first-order chi connectivity index (χ1) is 8.88. The lowest BCUT2D eigenvalue weighted by Crippen LogP contribution is -2.00. The average Bonchev–Trinajstić information content (AvgIpc) is 2.42. The highest BCUT2D eigenvalue weighted by atomic mass is 14.9. The number of benzene rings is 2. The molecule has 0 heterocycles. The van der Waals surface area contributed by atoms with Crippen LogP contribution < -0.4 is 10.6 Å². The summed E-state index contributed by atoms with van der Waals surface area (Å²) >= 11 is 0. The molecule has 2 N–H and O–H groups in total. The molecule has 0 aliphatic carbocycles. The Morgan fingerprint density at radius 3 is 2.06 bits per heavy atom. The molecule has 18 heavy (non-hydrogen) atoms. The van der Waals surface area contributed by atoms with E-state index in [9.17, 15) is 0 Å². The van der Waals surface area contributed by atoms with Gasteiger partial charge in [0.2, 0.25) is 0 Å². The minimum absolute atomic E-state index is 1.04. The normalized spacial score (nSPS) is 10.1. The second kappa shape index (κ2) is 6.70. The Labute approximate surface area is 109 Å². The first kappa shape index (κ1) is 12.5. The molecule has 2 heteroatoms. The molecule has 0 atom stereocenters. The van der Waals surface area contributed by atoms with Crippen molar-refractivity contribution in [3.8, 4) is 0 Å². The van der Waals surface area contributed by atoms with Gasteiger partial charge in [-0.3, -0.25) is 0 Å². The molecule has 0 saturated carbocycles. The lowest BCUT2D eigenvalue weighted by molar-refractivity contribution is 0.834. The number of nitrogens with one attached hydrogen (secondary N) is 2. The largest absolute Gasteiger partial charge is 0.385 e. The number of hydrogen-bond donors (Lipinski definition) is 2. The topological polar surface area (TPSA) is 24.1 Å². The maximum Gasteiger partial charge on any atom is 0.0385 e. The van der Waals surface area contributed by atoms with Gasteiger partial charge in [-0.2, -0.15) is 0 Å². The molecule has 0 bridgehead atoms.